The smallest absolute Gasteiger partial charge is 0.320 e. The Balaban J connectivity index is 2.03. The van der Waals surface area contributed by atoms with Gasteiger partial charge in [0.2, 0.25) is 0 Å². The van der Waals surface area contributed by atoms with Gasteiger partial charge in [-0.3, -0.25) is 4.98 Å². The molecule has 1 aliphatic heterocycles. The Morgan fingerprint density at radius 3 is 2.94 bits per heavy atom. The molecular weight excluding hydrogens is 228 g/mol. The lowest BCUT2D eigenvalue weighted by molar-refractivity contribution is 0.109. The van der Waals surface area contributed by atoms with E-state index in [1.807, 2.05) is 30.1 Å². The van der Waals surface area contributed by atoms with E-state index in [-0.39, 0.29) is 6.03 Å². The summed E-state index contributed by atoms with van der Waals surface area (Å²) in [4.78, 5) is 20.0. The van der Waals surface area contributed by atoms with E-state index in [1.165, 1.54) is 0 Å². The first-order valence-corrected chi connectivity index (χ1v) is 6.30. The third-order valence-electron chi connectivity index (χ3n) is 3.26. The highest BCUT2D eigenvalue weighted by molar-refractivity contribution is 5.74. The van der Waals surface area contributed by atoms with Crippen LogP contribution in [0.3, 0.4) is 0 Å². The van der Waals surface area contributed by atoms with Crippen molar-refractivity contribution in [3.63, 3.8) is 0 Å². The minimum Gasteiger partial charge on any atom is -0.330 e. The normalized spacial score (nSPS) is 20.3. The summed E-state index contributed by atoms with van der Waals surface area (Å²) in [5.74, 6) is 0.460. The Morgan fingerprint density at radius 1 is 1.44 bits per heavy atom. The molecule has 1 atom stereocenters. The summed E-state index contributed by atoms with van der Waals surface area (Å²) >= 11 is 0. The number of pyridine rings is 1. The van der Waals surface area contributed by atoms with Crippen LogP contribution in [0.2, 0.25) is 0 Å². The summed E-state index contributed by atoms with van der Waals surface area (Å²) in [6.45, 7) is 2.82. The quantitative estimate of drug-likeness (QED) is 0.861. The van der Waals surface area contributed by atoms with Gasteiger partial charge in [-0.25, -0.2) is 4.79 Å². The van der Waals surface area contributed by atoms with Gasteiger partial charge in [0.15, 0.2) is 0 Å². The summed E-state index contributed by atoms with van der Waals surface area (Å²) in [7, 11) is 1.84. The molecule has 2 rings (SSSR count). The summed E-state index contributed by atoms with van der Waals surface area (Å²) < 4.78 is 0. The van der Waals surface area contributed by atoms with Gasteiger partial charge in [0, 0.05) is 26.3 Å². The second-order valence-corrected chi connectivity index (χ2v) is 4.81. The van der Waals surface area contributed by atoms with Crippen molar-refractivity contribution in [1.29, 1.82) is 0 Å². The lowest BCUT2D eigenvalue weighted by Gasteiger charge is -2.38. The first-order chi connectivity index (χ1) is 8.70. The number of nitrogens with two attached hydrogens (primary N) is 1. The van der Waals surface area contributed by atoms with Crippen LogP contribution in [-0.2, 0) is 6.54 Å². The van der Waals surface area contributed by atoms with E-state index in [0.717, 1.165) is 25.2 Å². The van der Waals surface area contributed by atoms with Gasteiger partial charge in [-0.15, -0.1) is 0 Å². The highest BCUT2D eigenvalue weighted by Crippen LogP contribution is 2.17. The topological polar surface area (TPSA) is 62.5 Å². The van der Waals surface area contributed by atoms with E-state index in [1.54, 1.807) is 11.1 Å². The van der Waals surface area contributed by atoms with E-state index in [0.29, 0.717) is 19.0 Å². The number of urea groups is 1. The molecule has 0 spiro atoms. The molecule has 0 bridgehead atoms. The van der Waals surface area contributed by atoms with E-state index in [2.05, 4.69) is 4.98 Å². The van der Waals surface area contributed by atoms with Crippen LogP contribution >= 0.6 is 0 Å². The number of nitrogens with zero attached hydrogens (tertiary/aromatic N) is 3. The Bertz CT molecular complexity index is 395. The van der Waals surface area contributed by atoms with Gasteiger partial charge >= 0.3 is 6.03 Å². The Morgan fingerprint density at radius 2 is 2.28 bits per heavy atom. The predicted molar refractivity (Wildman–Crippen MR) is 69.8 cm³/mol. The van der Waals surface area contributed by atoms with Gasteiger partial charge in [-0.05, 0) is 31.0 Å². The van der Waals surface area contributed by atoms with Gasteiger partial charge in [0.05, 0.1) is 12.2 Å². The predicted octanol–water partition coefficient (Wildman–Crippen LogP) is 0.914. The highest BCUT2D eigenvalue weighted by atomic mass is 16.2. The maximum atomic E-state index is 12.1. The van der Waals surface area contributed by atoms with Crippen molar-refractivity contribution in [3.8, 4) is 0 Å². The molecule has 0 radical (unpaired) electrons. The number of aromatic nitrogens is 1. The molecule has 98 valence electrons. The lowest BCUT2D eigenvalue weighted by atomic mass is 10.0. The average Bonchev–Trinajstić information content (AvgIpc) is 2.37. The van der Waals surface area contributed by atoms with Crippen molar-refractivity contribution in [1.82, 2.24) is 14.8 Å². The van der Waals surface area contributed by atoms with E-state index in [9.17, 15) is 4.79 Å². The lowest BCUT2D eigenvalue weighted by Crippen LogP contribution is -2.51. The van der Waals surface area contributed by atoms with Crippen molar-refractivity contribution < 1.29 is 4.79 Å². The van der Waals surface area contributed by atoms with Gasteiger partial charge in [0.1, 0.15) is 0 Å². The maximum absolute atomic E-state index is 12.1. The third kappa shape index (κ3) is 2.98. The second-order valence-electron chi connectivity index (χ2n) is 4.81. The molecule has 1 saturated heterocycles. The van der Waals surface area contributed by atoms with Crippen LogP contribution in [0.4, 0.5) is 4.79 Å². The fourth-order valence-electron chi connectivity index (χ4n) is 2.39. The number of amides is 2. The largest absolute Gasteiger partial charge is 0.330 e. The van der Waals surface area contributed by atoms with Crippen molar-refractivity contribution in [2.45, 2.75) is 13.0 Å². The highest BCUT2D eigenvalue weighted by Gasteiger charge is 2.29. The third-order valence-corrected chi connectivity index (χ3v) is 3.26. The van der Waals surface area contributed by atoms with Crippen LogP contribution in [0.1, 0.15) is 12.1 Å². The fraction of sp³-hybridized carbons (Fsp3) is 0.538. The average molecular weight is 248 g/mol. The van der Waals surface area contributed by atoms with Crippen LogP contribution < -0.4 is 5.73 Å². The van der Waals surface area contributed by atoms with E-state index in [4.69, 9.17) is 5.73 Å². The molecule has 1 fully saturated rings. The molecular formula is C13H20N4O. The van der Waals surface area contributed by atoms with E-state index < -0.39 is 0 Å². The molecule has 5 nitrogen and oxygen atoms in total. The minimum absolute atomic E-state index is 0.0777. The SMILES string of the molecule is CN1CC(CCN)CN(Cc2ccccn2)C1=O. The Kier molecular flexibility index (Phi) is 4.15. The van der Waals surface area contributed by atoms with Gasteiger partial charge < -0.3 is 15.5 Å². The van der Waals surface area contributed by atoms with Gasteiger partial charge in [-0.1, -0.05) is 6.07 Å². The standard InChI is InChI=1S/C13H20N4O/c1-16-8-11(5-6-14)9-17(13(16)18)10-12-4-2-3-7-15-12/h2-4,7,11H,5-6,8-10,14H2,1H3. The molecule has 0 saturated carbocycles. The van der Waals surface area contributed by atoms with Crippen LogP contribution in [0.15, 0.2) is 24.4 Å². The zero-order valence-corrected chi connectivity index (χ0v) is 10.7. The first-order valence-electron chi connectivity index (χ1n) is 6.30. The van der Waals surface area contributed by atoms with Crippen molar-refractivity contribution in [3.05, 3.63) is 30.1 Å². The molecule has 1 unspecified atom stereocenters. The molecule has 2 heterocycles. The van der Waals surface area contributed by atoms with Crippen LogP contribution in [0.25, 0.3) is 0 Å². The van der Waals surface area contributed by atoms with Crippen molar-refractivity contribution in [2.24, 2.45) is 11.7 Å². The van der Waals surface area contributed by atoms with Gasteiger partial charge in [0.25, 0.3) is 0 Å². The monoisotopic (exact) mass is 248 g/mol. The number of carbonyl (C=O) groups excluding carboxylic acids is 1. The molecule has 18 heavy (non-hydrogen) atoms. The van der Waals surface area contributed by atoms with Gasteiger partial charge in [-0.2, -0.15) is 0 Å². The van der Waals surface area contributed by atoms with Crippen molar-refractivity contribution in [2.75, 3.05) is 26.7 Å². The molecule has 2 amide bonds. The number of hydrogen-bond acceptors (Lipinski definition) is 3. The van der Waals surface area contributed by atoms with E-state index >= 15 is 0 Å². The van der Waals surface area contributed by atoms with Crippen molar-refractivity contribution >= 4 is 6.03 Å². The van der Waals surface area contributed by atoms with Crippen LogP contribution in [-0.4, -0.2) is 47.5 Å². The number of carbonyl (C=O) groups is 1. The zero-order valence-electron chi connectivity index (χ0n) is 10.7. The summed E-state index contributed by atoms with van der Waals surface area (Å²) in [5, 5.41) is 0. The molecule has 2 N–H and O–H groups in total. The summed E-state index contributed by atoms with van der Waals surface area (Å²) in [5.41, 5.74) is 6.53. The number of hydrogen-bond donors (Lipinski definition) is 1. The molecule has 1 aliphatic rings. The van der Waals surface area contributed by atoms with Crippen LogP contribution in [0, 0.1) is 5.92 Å². The minimum atomic E-state index is 0.0777. The molecule has 0 aliphatic carbocycles. The Labute approximate surface area is 108 Å². The zero-order chi connectivity index (χ0) is 13.0. The summed E-state index contributed by atoms with van der Waals surface area (Å²) in [6, 6.07) is 5.84. The first kappa shape index (κ1) is 12.8. The number of rotatable bonds is 4. The molecule has 5 heteroatoms. The molecule has 1 aromatic heterocycles. The van der Waals surface area contributed by atoms with Crippen LogP contribution in [0.5, 0.6) is 0 Å². The molecule has 0 aromatic carbocycles. The second kappa shape index (κ2) is 5.82. The Hall–Kier alpha value is -1.62. The maximum Gasteiger partial charge on any atom is 0.320 e. The summed E-state index contributed by atoms with van der Waals surface area (Å²) in [6.07, 6.45) is 2.71. The molecule has 1 aromatic rings. The fourth-order valence-corrected chi connectivity index (χ4v) is 2.39.